The summed E-state index contributed by atoms with van der Waals surface area (Å²) < 4.78 is 14.7. The molecule has 1 nitrogen and oxygen atoms in total. The minimum absolute atomic E-state index is 0.157. The summed E-state index contributed by atoms with van der Waals surface area (Å²) in [5.41, 5.74) is 7.70. The third-order valence-electron chi connectivity index (χ3n) is 2.94. The SMILES string of the molecule is NC(Cc1ccc(Br)cc1)Cc1c(F)cccc1Cl. The number of halogens is 3. The summed E-state index contributed by atoms with van der Waals surface area (Å²) in [4.78, 5) is 0. The lowest BCUT2D eigenvalue weighted by Crippen LogP contribution is -2.26. The van der Waals surface area contributed by atoms with Crippen LogP contribution in [0.4, 0.5) is 4.39 Å². The molecule has 1 unspecified atom stereocenters. The normalized spacial score (nSPS) is 12.4. The summed E-state index contributed by atoms with van der Waals surface area (Å²) >= 11 is 9.38. The van der Waals surface area contributed by atoms with Crippen LogP contribution in [0.5, 0.6) is 0 Å². The van der Waals surface area contributed by atoms with Crippen molar-refractivity contribution in [3.63, 3.8) is 0 Å². The highest BCUT2D eigenvalue weighted by Gasteiger charge is 2.12. The lowest BCUT2D eigenvalue weighted by molar-refractivity contribution is 0.584. The molecule has 100 valence electrons. The van der Waals surface area contributed by atoms with E-state index in [0.29, 0.717) is 23.4 Å². The van der Waals surface area contributed by atoms with Gasteiger partial charge in [-0.15, -0.1) is 0 Å². The average molecular weight is 343 g/mol. The van der Waals surface area contributed by atoms with Crippen molar-refractivity contribution in [2.45, 2.75) is 18.9 Å². The van der Waals surface area contributed by atoms with Crippen molar-refractivity contribution in [2.75, 3.05) is 0 Å². The first-order valence-corrected chi connectivity index (χ1v) is 7.16. The van der Waals surface area contributed by atoms with Gasteiger partial charge in [-0.05, 0) is 42.7 Å². The van der Waals surface area contributed by atoms with Crippen molar-refractivity contribution in [3.05, 3.63) is 68.9 Å². The van der Waals surface area contributed by atoms with Gasteiger partial charge in [0.2, 0.25) is 0 Å². The fourth-order valence-electron chi connectivity index (χ4n) is 1.98. The zero-order valence-corrected chi connectivity index (χ0v) is 12.6. The molecule has 19 heavy (non-hydrogen) atoms. The van der Waals surface area contributed by atoms with Crippen molar-refractivity contribution in [2.24, 2.45) is 5.73 Å². The van der Waals surface area contributed by atoms with E-state index in [1.54, 1.807) is 12.1 Å². The Bertz CT molecular complexity index is 536. The van der Waals surface area contributed by atoms with Gasteiger partial charge in [0.1, 0.15) is 5.82 Å². The topological polar surface area (TPSA) is 26.0 Å². The van der Waals surface area contributed by atoms with E-state index in [1.165, 1.54) is 6.07 Å². The first kappa shape index (κ1) is 14.5. The molecule has 0 bridgehead atoms. The van der Waals surface area contributed by atoms with E-state index >= 15 is 0 Å². The fourth-order valence-corrected chi connectivity index (χ4v) is 2.49. The molecule has 0 saturated heterocycles. The average Bonchev–Trinajstić information content (AvgIpc) is 2.37. The van der Waals surface area contributed by atoms with Gasteiger partial charge in [-0.2, -0.15) is 0 Å². The molecule has 2 rings (SSSR count). The molecule has 2 N–H and O–H groups in total. The number of hydrogen-bond acceptors (Lipinski definition) is 1. The summed E-state index contributed by atoms with van der Waals surface area (Å²) in [6, 6.07) is 12.5. The minimum Gasteiger partial charge on any atom is -0.327 e. The van der Waals surface area contributed by atoms with Crippen LogP contribution in [0.25, 0.3) is 0 Å². The largest absolute Gasteiger partial charge is 0.327 e. The van der Waals surface area contributed by atoms with Crippen LogP contribution in [0, 0.1) is 5.82 Å². The van der Waals surface area contributed by atoms with Crippen molar-refractivity contribution in [1.82, 2.24) is 0 Å². The molecule has 4 heteroatoms. The molecular weight excluding hydrogens is 329 g/mol. The van der Waals surface area contributed by atoms with Crippen LogP contribution in [-0.2, 0) is 12.8 Å². The summed E-state index contributed by atoms with van der Waals surface area (Å²) in [7, 11) is 0. The second-order valence-corrected chi connectivity index (χ2v) is 5.82. The Balaban J connectivity index is 2.05. The third kappa shape index (κ3) is 4.03. The standard InChI is InChI=1S/C15H14BrClFN/c16-11-6-4-10(5-7-11)8-12(19)9-13-14(17)2-1-3-15(13)18/h1-7,12H,8-9,19H2. The number of nitrogens with two attached hydrogens (primary N) is 1. The highest BCUT2D eigenvalue weighted by molar-refractivity contribution is 9.10. The van der Waals surface area contributed by atoms with Gasteiger partial charge in [0.25, 0.3) is 0 Å². The highest BCUT2D eigenvalue weighted by atomic mass is 79.9. The summed E-state index contributed by atoms with van der Waals surface area (Å²) in [6.07, 6.45) is 1.12. The first-order chi connectivity index (χ1) is 9.06. The van der Waals surface area contributed by atoms with Gasteiger partial charge in [-0.3, -0.25) is 0 Å². The maximum atomic E-state index is 13.7. The molecule has 0 fully saturated rings. The molecule has 0 amide bonds. The lowest BCUT2D eigenvalue weighted by atomic mass is 9.99. The Labute approximate surface area is 125 Å². The van der Waals surface area contributed by atoms with Crippen LogP contribution < -0.4 is 5.73 Å². The van der Waals surface area contributed by atoms with E-state index in [9.17, 15) is 4.39 Å². The lowest BCUT2D eigenvalue weighted by Gasteiger charge is -2.13. The van der Waals surface area contributed by atoms with Gasteiger partial charge in [-0.25, -0.2) is 4.39 Å². The van der Waals surface area contributed by atoms with Crippen LogP contribution in [-0.4, -0.2) is 6.04 Å². The quantitative estimate of drug-likeness (QED) is 0.878. The smallest absolute Gasteiger partial charge is 0.127 e. The predicted molar refractivity (Wildman–Crippen MR) is 80.9 cm³/mol. The molecule has 1 atom stereocenters. The zero-order valence-electron chi connectivity index (χ0n) is 10.2. The van der Waals surface area contributed by atoms with Gasteiger partial charge < -0.3 is 5.73 Å². The molecule has 0 radical (unpaired) electrons. The molecule has 2 aromatic carbocycles. The Hall–Kier alpha value is -0.900. The Morgan fingerprint density at radius 2 is 1.79 bits per heavy atom. The second-order valence-electron chi connectivity index (χ2n) is 4.50. The monoisotopic (exact) mass is 341 g/mol. The summed E-state index contributed by atoms with van der Waals surface area (Å²) in [6.45, 7) is 0. The summed E-state index contributed by atoms with van der Waals surface area (Å²) in [5.74, 6) is -0.293. The molecule has 0 spiro atoms. The maximum absolute atomic E-state index is 13.7. The van der Waals surface area contributed by atoms with Crippen LogP contribution in [0.1, 0.15) is 11.1 Å². The van der Waals surface area contributed by atoms with E-state index in [-0.39, 0.29) is 11.9 Å². The Morgan fingerprint density at radius 1 is 1.11 bits per heavy atom. The Morgan fingerprint density at radius 3 is 2.42 bits per heavy atom. The van der Waals surface area contributed by atoms with E-state index in [0.717, 1.165) is 10.0 Å². The van der Waals surface area contributed by atoms with Crippen molar-refractivity contribution in [3.8, 4) is 0 Å². The van der Waals surface area contributed by atoms with Crippen molar-refractivity contribution >= 4 is 27.5 Å². The molecule has 0 aliphatic heterocycles. The predicted octanol–water partition coefficient (Wildman–Crippen LogP) is 4.35. The van der Waals surface area contributed by atoms with E-state index in [4.69, 9.17) is 17.3 Å². The third-order valence-corrected chi connectivity index (χ3v) is 3.82. The molecule has 0 aliphatic carbocycles. The highest BCUT2D eigenvalue weighted by Crippen LogP contribution is 2.21. The minimum atomic E-state index is -0.293. The van der Waals surface area contributed by atoms with E-state index in [1.807, 2.05) is 24.3 Å². The molecular formula is C15H14BrClFN. The van der Waals surface area contributed by atoms with Crippen LogP contribution in [0.3, 0.4) is 0 Å². The Kier molecular flexibility index (Phi) is 4.97. The molecule has 0 aromatic heterocycles. The molecule has 2 aromatic rings. The fraction of sp³-hybridized carbons (Fsp3) is 0.200. The number of rotatable bonds is 4. The van der Waals surface area contributed by atoms with Gasteiger partial charge in [-0.1, -0.05) is 45.7 Å². The van der Waals surface area contributed by atoms with Gasteiger partial charge >= 0.3 is 0 Å². The van der Waals surface area contributed by atoms with Crippen LogP contribution in [0.2, 0.25) is 5.02 Å². The number of hydrogen-bond donors (Lipinski definition) is 1. The van der Waals surface area contributed by atoms with Gasteiger partial charge in [0, 0.05) is 21.1 Å². The van der Waals surface area contributed by atoms with Gasteiger partial charge in [0.05, 0.1) is 0 Å². The van der Waals surface area contributed by atoms with E-state index < -0.39 is 0 Å². The van der Waals surface area contributed by atoms with Crippen molar-refractivity contribution < 1.29 is 4.39 Å². The van der Waals surface area contributed by atoms with Crippen LogP contribution >= 0.6 is 27.5 Å². The molecule has 0 saturated carbocycles. The second kappa shape index (κ2) is 6.51. The van der Waals surface area contributed by atoms with Crippen LogP contribution in [0.15, 0.2) is 46.9 Å². The maximum Gasteiger partial charge on any atom is 0.127 e. The molecule has 0 aliphatic rings. The van der Waals surface area contributed by atoms with Gasteiger partial charge in [0.15, 0.2) is 0 Å². The molecule has 0 heterocycles. The van der Waals surface area contributed by atoms with Crippen molar-refractivity contribution in [1.29, 1.82) is 0 Å². The first-order valence-electron chi connectivity index (χ1n) is 5.99. The zero-order chi connectivity index (χ0) is 13.8. The van der Waals surface area contributed by atoms with E-state index in [2.05, 4.69) is 15.9 Å². The summed E-state index contributed by atoms with van der Waals surface area (Å²) in [5, 5.41) is 0.436. The number of benzene rings is 2.